The molecule has 2 rings (SSSR count). The number of carbonyl (C=O) groups is 1. The first-order chi connectivity index (χ1) is 10.7. The zero-order valence-electron chi connectivity index (χ0n) is 12.2. The summed E-state index contributed by atoms with van der Waals surface area (Å²) >= 11 is 1.54. The number of hydrogen-bond donors (Lipinski definition) is 1. The van der Waals surface area contributed by atoms with Crippen LogP contribution < -0.4 is 10.1 Å². The van der Waals surface area contributed by atoms with Gasteiger partial charge in [0, 0.05) is 11.4 Å². The minimum atomic E-state index is -0.0381. The summed E-state index contributed by atoms with van der Waals surface area (Å²) in [6, 6.07) is 16.7. The summed E-state index contributed by atoms with van der Waals surface area (Å²) in [5.74, 6) is 1.84. The Morgan fingerprint density at radius 1 is 1.18 bits per heavy atom. The number of carbonyl (C=O) groups excluding carboxylic acids is 1. The Labute approximate surface area is 134 Å². The molecular weight excluding hydrogens is 296 g/mol. The lowest BCUT2D eigenvalue weighted by Crippen LogP contribution is -2.14. The van der Waals surface area contributed by atoms with Gasteiger partial charge >= 0.3 is 0 Å². The zero-order valence-corrected chi connectivity index (χ0v) is 13.0. The van der Waals surface area contributed by atoms with E-state index in [0.717, 1.165) is 22.8 Å². The van der Waals surface area contributed by atoms with Crippen LogP contribution >= 0.6 is 11.8 Å². The van der Waals surface area contributed by atoms with Crippen LogP contribution in [0.2, 0.25) is 0 Å². The van der Waals surface area contributed by atoms with E-state index in [1.807, 2.05) is 24.3 Å². The highest BCUT2D eigenvalue weighted by molar-refractivity contribution is 7.99. The molecule has 0 spiro atoms. The van der Waals surface area contributed by atoms with Gasteiger partial charge in [0.05, 0.1) is 24.5 Å². The number of nitrogens with zero attached hydrogens (tertiary/aromatic N) is 1. The van der Waals surface area contributed by atoms with Crippen molar-refractivity contribution < 1.29 is 9.53 Å². The second kappa shape index (κ2) is 8.11. The van der Waals surface area contributed by atoms with E-state index in [1.54, 1.807) is 31.4 Å². The molecule has 22 heavy (non-hydrogen) atoms. The van der Waals surface area contributed by atoms with Gasteiger partial charge in [-0.25, -0.2) is 0 Å². The number of thioether (sulfide) groups is 1. The summed E-state index contributed by atoms with van der Waals surface area (Å²) in [4.78, 5) is 11.9. The molecule has 1 N–H and O–H groups in total. The molecule has 0 saturated carbocycles. The van der Waals surface area contributed by atoms with Crippen molar-refractivity contribution in [2.75, 3.05) is 18.2 Å². The molecule has 2 aromatic rings. The third-order valence-corrected chi connectivity index (χ3v) is 3.96. The van der Waals surface area contributed by atoms with E-state index in [-0.39, 0.29) is 5.91 Å². The number of nitriles is 1. The molecule has 0 unspecified atom stereocenters. The predicted octanol–water partition coefficient (Wildman–Crippen LogP) is 3.44. The fourth-order valence-corrected chi connectivity index (χ4v) is 2.60. The highest BCUT2D eigenvalue weighted by atomic mass is 32.2. The van der Waals surface area contributed by atoms with Crippen molar-refractivity contribution in [3.63, 3.8) is 0 Å². The number of ether oxygens (including phenoxy) is 1. The first-order valence-electron chi connectivity index (χ1n) is 6.72. The summed E-state index contributed by atoms with van der Waals surface area (Å²) in [6.07, 6.45) is 0. The van der Waals surface area contributed by atoms with Crippen molar-refractivity contribution >= 4 is 23.4 Å². The van der Waals surface area contributed by atoms with E-state index in [2.05, 4.69) is 11.4 Å². The Morgan fingerprint density at radius 2 is 1.86 bits per heavy atom. The van der Waals surface area contributed by atoms with Gasteiger partial charge in [0.25, 0.3) is 0 Å². The van der Waals surface area contributed by atoms with E-state index in [1.165, 1.54) is 11.8 Å². The lowest BCUT2D eigenvalue weighted by Gasteiger charge is -2.06. The summed E-state index contributed by atoms with van der Waals surface area (Å²) in [5, 5.41) is 11.6. The molecule has 4 nitrogen and oxygen atoms in total. The van der Waals surface area contributed by atoms with Crippen molar-refractivity contribution in [3.8, 4) is 11.8 Å². The van der Waals surface area contributed by atoms with Crippen LogP contribution in [0.4, 0.5) is 5.69 Å². The smallest absolute Gasteiger partial charge is 0.234 e. The molecule has 112 valence electrons. The second-order valence-corrected chi connectivity index (χ2v) is 5.56. The van der Waals surface area contributed by atoms with Gasteiger partial charge in [-0.05, 0) is 42.0 Å². The monoisotopic (exact) mass is 312 g/mol. The molecule has 1 amide bonds. The number of anilines is 1. The van der Waals surface area contributed by atoms with Gasteiger partial charge in [-0.2, -0.15) is 5.26 Å². The summed E-state index contributed by atoms with van der Waals surface area (Å²) in [6.45, 7) is 0. The molecule has 2 aromatic carbocycles. The van der Waals surface area contributed by atoms with E-state index in [0.29, 0.717) is 11.3 Å². The fraction of sp³-hybridized carbons (Fsp3) is 0.176. The summed E-state index contributed by atoms with van der Waals surface area (Å²) < 4.78 is 5.07. The van der Waals surface area contributed by atoms with Crippen molar-refractivity contribution in [3.05, 3.63) is 59.7 Å². The number of rotatable bonds is 6. The molecule has 0 bridgehead atoms. The Bertz CT molecular complexity index is 661. The number of methoxy groups -OCH3 is 1. The second-order valence-electron chi connectivity index (χ2n) is 4.58. The summed E-state index contributed by atoms with van der Waals surface area (Å²) in [5.41, 5.74) is 2.50. The lowest BCUT2D eigenvalue weighted by molar-refractivity contribution is -0.113. The Balaban J connectivity index is 1.76. The minimum absolute atomic E-state index is 0.0381. The van der Waals surface area contributed by atoms with Gasteiger partial charge in [-0.1, -0.05) is 12.1 Å². The van der Waals surface area contributed by atoms with Crippen LogP contribution in [0.1, 0.15) is 11.1 Å². The predicted molar refractivity (Wildman–Crippen MR) is 88.9 cm³/mol. The van der Waals surface area contributed by atoms with Crippen LogP contribution in [0.3, 0.4) is 0 Å². The molecular formula is C17H16N2O2S. The number of nitrogens with one attached hydrogen (secondary N) is 1. The van der Waals surface area contributed by atoms with Crippen molar-refractivity contribution in [1.82, 2.24) is 0 Å². The largest absolute Gasteiger partial charge is 0.497 e. The van der Waals surface area contributed by atoms with Gasteiger partial charge in [0.15, 0.2) is 0 Å². The molecule has 0 aliphatic rings. The molecule has 0 fully saturated rings. The van der Waals surface area contributed by atoms with Gasteiger partial charge < -0.3 is 10.1 Å². The quantitative estimate of drug-likeness (QED) is 0.887. The first kappa shape index (κ1) is 15.9. The highest BCUT2D eigenvalue weighted by Gasteiger charge is 2.03. The van der Waals surface area contributed by atoms with Gasteiger partial charge in [-0.15, -0.1) is 11.8 Å². The van der Waals surface area contributed by atoms with Gasteiger partial charge in [0.2, 0.25) is 5.91 Å². The third kappa shape index (κ3) is 4.83. The van der Waals surface area contributed by atoms with Crippen LogP contribution in [0.25, 0.3) is 0 Å². The Kier molecular flexibility index (Phi) is 5.87. The maximum atomic E-state index is 11.9. The number of amides is 1. The van der Waals surface area contributed by atoms with Crippen LogP contribution in [0.5, 0.6) is 5.75 Å². The van der Waals surface area contributed by atoms with Crippen LogP contribution in [0, 0.1) is 11.3 Å². The molecule has 0 aliphatic carbocycles. The lowest BCUT2D eigenvalue weighted by atomic mass is 10.2. The molecule has 0 radical (unpaired) electrons. The maximum Gasteiger partial charge on any atom is 0.234 e. The molecule has 0 aromatic heterocycles. The van der Waals surface area contributed by atoms with Crippen molar-refractivity contribution in [1.29, 1.82) is 5.26 Å². The summed E-state index contributed by atoms with van der Waals surface area (Å²) in [7, 11) is 1.60. The van der Waals surface area contributed by atoms with E-state index in [4.69, 9.17) is 10.00 Å². The highest BCUT2D eigenvalue weighted by Crippen LogP contribution is 2.16. The average molecular weight is 312 g/mol. The Morgan fingerprint density at radius 3 is 2.45 bits per heavy atom. The third-order valence-electron chi connectivity index (χ3n) is 2.96. The molecule has 0 heterocycles. The van der Waals surface area contributed by atoms with Crippen molar-refractivity contribution in [2.24, 2.45) is 0 Å². The Hall–Kier alpha value is -2.45. The molecule has 0 aliphatic heterocycles. The van der Waals surface area contributed by atoms with Crippen LogP contribution in [-0.4, -0.2) is 18.8 Å². The minimum Gasteiger partial charge on any atom is -0.497 e. The van der Waals surface area contributed by atoms with Gasteiger partial charge in [0.1, 0.15) is 5.75 Å². The number of hydrogen-bond acceptors (Lipinski definition) is 4. The SMILES string of the molecule is COc1ccc(NC(=O)CSCc2ccc(C#N)cc2)cc1. The molecule has 0 atom stereocenters. The molecule has 5 heteroatoms. The van der Waals surface area contributed by atoms with E-state index < -0.39 is 0 Å². The fourth-order valence-electron chi connectivity index (χ4n) is 1.81. The van der Waals surface area contributed by atoms with E-state index in [9.17, 15) is 4.79 Å². The van der Waals surface area contributed by atoms with Crippen molar-refractivity contribution in [2.45, 2.75) is 5.75 Å². The number of benzene rings is 2. The van der Waals surface area contributed by atoms with Gasteiger partial charge in [-0.3, -0.25) is 4.79 Å². The maximum absolute atomic E-state index is 11.9. The van der Waals surface area contributed by atoms with Crippen LogP contribution in [0.15, 0.2) is 48.5 Å². The van der Waals surface area contributed by atoms with E-state index >= 15 is 0 Å². The average Bonchev–Trinajstić information content (AvgIpc) is 2.56. The standard InChI is InChI=1S/C17H16N2O2S/c1-21-16-8-6-15(7-9-16)19-17(20)12-22-11-14-4-2-13(10-18)3-5-14/h2-9H,11-12H2,1H3,(H,19,20). The molecule has 0 saturated heterocycles. The van der Waals surface area contributed by atoms with Crippen LogP contribution in [-0.2, 0) is 10.5 Å². The topological polar surface area (TPSA) is 62.1 Å². The normalized spacial score (nSPS) is 9.82. The first-order valence-corrected chi connectivity index (χ1v) is 7.87. The zero-order chi connectivity index (χ0) is 15.8.